The van der Waals surface area contributed by atoms with E-state index < -0.39 is 6.43 Å². The number of nitrogens with zero attached hydrogens (tertiary/aromatic N) is 3. The van der Waals surface area contributed by atoms with Gasteiger partial charge in [-0.2, -0.15) is 5.10 Å². The van der Waals surface area contributed by atoms with E-state index in [1.165, 1.54) is 0 Å². The predicted molar refractivity (Wildman–Crippen MR) is 64.8 cm³/mol. The molecule has 6 heteroatoms. The predicted octanol–water partition coefficient (Wildman–Crippen LogP) is 2.56. The molecule has 0 fully saturated rings. The maximum Gasteiger partial charge on any atom is 0.255 e. The van der Waals surface area contributed by atoms with Crippen LogP contribution >= 0.6 is 0 Å². The third-order valence-electron chi connectivity index (χ3n) is 2.63. The summed E-state index contributed by atoms with van der Waals surface area (Å²) < 4.78 is 25.8. The molecule has 0 amide bonds. The van der Waals surface area contributed by atoms with E-state index in [0.717, 1.165) is 5.56 Å². The maximum absolute atomic E-state index is 12.0. The number of alkyl halides is 2. The zero-order chi connectivity index (χ0) is 13.0. The summed E-state index contributed by atoms with van der Waals surface area (Å²) in [7, 11) is 0. The molecule has 0 aliphatic carbocycles. The van der Waals surface area contributed by atoms with Gasteiger partial charge in [-0.25, -0.2) is 8.78 Å². The molecule has 18 heavy (non-hydrogen) atoms. The van der Waals surface area contributed by atoms with Gasteiger partial charge in [0.2, 0.25) is 0 Å². The molecule has 1 unspecified atom stereocenters. The summed E-state index contributed by atoms with van der Waals surface area (Å²) >= 11 is 0. The molecule has 0 radical (unpaired) electrons. The molecule has 0 aliphatic rings. The van der Waals surface area contributed by atoms with Crippen molar-refractivity contribution in [3.05, 3.63) is 42.4 Å². The lowest BCUT2D eigenvalue weighted by atomic mass is 10.1. The third kappa shape index (κ3) is 3.03. The first-order valence-corrected chi connectivity index (χ1v) is 5.64. The van der Waals surface area contributed by atoms with E-state index in [2.05, 4.69) is 15.4 Å². The Bertz CT molecular complexity index is 484. The molecule has 0 saturated heterocycles. The average Bonchev–Trinajstić information content (AvgIpc) is 2.85. The minimum atomic E-state index is -2.38. The van der Waals surface area contributed by atoms with E-state index in [9.17, 15) is 8.78 Å². The number of anilines is 1. The largest absolute Gasteiger partial charge is 0.363 e. The van der Waals surface area contributed by atoms with Gasteiger partial charge in [-0.3, -0.25) is 9.67 Å². The molecule has 96 valence electrons. The Morgan fingerprint density at radius 3 is 2.67 bits per heavy atom. The van der Waals surface area contributed by atoms with Crippen LogP contribution < -0.4 is 5.32 Å². The molecule has 0 aliphatic heterocycles. The van der Waals surface area contributed by atoms with Crippen LogP contribution in [0.25, 0.3) is 0 Å². The van der Waals surface area contributed by atoms with Gasteiger partial charge < -0.3 is 5.32 Å². The fraction of sp³-hybridized carbons (Fsp3) is 0.333. The van der Waals surface area contributed by atoms with E-state index >= 15 is 0 Å². The maximum atomic E-state index is 12.0. The van der Waals surface area contributed by atoms with Crippen LogP contribution in [0.15, 0.2) is 36.8 Å². The Hall–Kier alpha value is -1.98. The fourth-order valence-electron chi connectivity index (χ4n) is 1.62. The summed E-state index contributed by atoms with van der Waals surface area (Å²) in [6, 6.07) is 5.52. The summed E-state index contributed by atoms with van der Waals surface area (Å²) in [4.78, 5) is 3.95. The molecule has 1 atom stereocenters. The minimum Gasteiger partial charge on any atom is -0.363 e. The first-order chi connectivity index (χ1) is 8.66. The number of rotatable bonds is 5. The molecule has 1 N–H and O–H groups in total. The molecule has 2 rings (SSSR count). The molecule has 0 spiro atoms. The summed E-state index contributed by atoms with van der Waals surface area (Å²) in [6.45, 7) is 1.60. The highest BCUT2D eigenvalue weighted by atomic mass is 19.3. The van der Waals surface area contributed by atoms with E-state index in [0.29, 0.717) is 5.82 Å². The fourth-order valence-corrected chi connectivity index (χ4v) is 1.62. The van der Waals surface area contributed by atoms with Crippen LogP contribution in [-0.2, 0) is 0 Å². The van der Waals surface area contributed by atoms with Crippen LogP contribution in [-0.4, -0.2) is 27.7 Å². The van der Waals surface area contributed by atoms with Gasteiger partial charge in [0, 0.05) is 24.7 Å². The van der Waals surface area contributed by atoms with Crippen molar-refractivity contribution in [1.29, 1.82) is 0 Å². The van der Waals surface area contributed by atoms with Crippen molar-refractivity contribution in [2.45, 2.75) is 19.4 Å². The second kappa shape index (κ2) is 5.57. The Morgan fingerprint density at radius 1 is 1.28 bits per heavy atom. The van der Waals surface area contributed by atoms with Crippen LogP contribution in [0.3, 0.4) is 0 Å². The Balaban J connectivity index is 2.06. The van der Waals surface area contributed by atoms with Crippen molar-refractivity contribution in [3.8, 4) is 0 Å². The number of hydrogen-bond donors (Lipinski definition) is 1. The lowest BCUT2D eigenvalue weighted by Gasteiger charge is -2.12. The highest BCUT2D eigenvalue weighted by molar-refractivity contribution is 5.32. The molecule has 4 nitrogen and oxygen atoms in total. The number of nitrogens with one attached hydrogen (secondary N) is 1. The van der Waals surface area contributed by atoms with Gasteiger partial charge in [0.05, 0.1) is 12.6 Å². The molecule has 0 saturated carbocycles. The molecular weight excluding hydrogens is 238 g/mol. The van der Waals surface area contributed by atoms with Gasteiger partial charge in [-0.15, -0.1) is 0 Å². The average molecular weight is 252 g/mol. The minimum absolute atomic E-state index is 0.0371. The standard InChI is InChI=1S/C12H14F2N4/c1-9(10-2-5-15-6-3-10)18-7-4-12(17-18)16-8-11(13)14/h2-7,9,11H,8H2,1H3,(H,16,17). The number of halogens is 2. The Morgan fingerprint density at radius 2 is 2.00 bits per heavy atom. The zero-order valence-electron chi connectivity index (χ0n) is 9.92. The van der Waals surface area contributed by atoms with E-state index in [4.69, 9.17) is 0 Å². The highest BCUT2D eigenvalue weighted by Gasteiger charge is 2.09. The smallest absolute Gasteiger partial charge is 0.255 e. The lowest BCUT2D eigenvalue weighted by Crippen LogP contribution is -2.12. The van der Waals surface area contributed by atoms with Crippen molar-refractivity contribution < 1.29 is 8.78 Å². The molecule has 2 aromatic rings. The normalized spacial score (nSPS) is 12.7. The van der Waals surface area contributed by atoms with Gasteiger partial charge in [0.25, 0.3) is 6.43 Å². The van der Waals surface area contributed by atoms with Crippen LogP contribution in [0.1, 0.15) is 18.5 Å². The van der Waals surface area contributed by atoms with Gasteiger partial charge >= 0.3 is 0 Å². The molecule has 2 aromatic heterocycles. The molecular formula is C12H14F2N4. The monoisotopic (exact) mass is 252 g/mol. The second-order valence-electron chi connectivity index (χ2n) is 3.91. The quantitative estimate of drug-likeness (QED) is 0.889. The number of aromatic nitrogens is 3. The van der Waals surface area contributed by atoms with Crippen molar-refractivity contribution >= 4 is 5.82 Å². The molecule has 0 bridgehead atoms. The van der Waals surface area contributed by atoms with Crippen molar-refractivity contribution in [2.75, 3.05) is 11.9 Å². The van der Waals surface area contributed by atoms with E-state index in [1.807, 2.05) is 19.1 Å². The highest BCUT2D eigenvalue weighted by Crippen LogP contribution is 2.17. The number of pyridine rings is 1. The Labute approximate surface area is 104 Å². The van der Waals surface area contributed by atoms with Crippen LogP contribution in [0.5, 0.6) is 0 Å². The topological polar surface area (TPSA) is 42.7 Å². The first kappa shape index (κ1) is 12.5. The van der Waals surface area contributed by atoms with Crippen LogP contribution in [0, 0.1) is 0 Å². The van der Waals surface area contributed by atoms with Crippen molar-refractivity contribution in [1.82, 2.24) is 14.8 Å². The summed E-state index contributed by atoms with van der Waals surface area (Å²) in [6.07, 6.45) is 2.81. The first-order valence-electron chi connectivity index (χ1n) is 5.64. The second-order valence-corrected chi connectivity index (χ2v) is 3.91. The van der Waals surface area contributed by atoms with Gasteiger partial charge in [0.15, 0.2) is 0 Å². The van der Waals surface area contributed by atoms with Crippen molar-refractivity contribution in [2.24, 2.45) is 0 Å². The number of hydrogen-bond acceptors (Lipinski definition) is 3. The molecule has 0 aromatic carbocycles. The summed E-state index contributed by atoms with van der Waals surface area (Å²) in [5.74, 6) is 0.455. The Kier molecular flexibility index (Phi) is 3.86. The van der Waals surface area contributed by atoms with Gasteiger partial charge in [-0.05, 0) is 24.6 Å². The van der Waals surface area contributed by atoms with E-state index in [-0.39, 0.29) is 12.6 Å². The SMILES string of the molecule is CC(c1ccncc1)n1ccc(NCC(F)F)n1. The van der Waals surface area contributed by atoms with Crippen LogP contribution in [0.2, 0.25) is 0 Å². The zero-order valence-corrected chi connectivity index (χ0v) is 9.92. The van der Waals surface area contributed by atoms with Gasteiger partial charge in [-0.1, -0.05) is 0 Å². The van der Waals surface area contributed by atoms with E-state index in [1.54, 1.807) is 29.3 Å². The molecule has 2 heterocycles. The third-order valence-corrected chi connectivity index (χ3v) is 2.63. The van der Waals surface area contributed by atoms with Gasteiger partial charge in [0.1, 0.15) is 5.82 Å². The van der Waals surface area contributed by atoms with Crippen molar-refractivity contribution in [3.63, 3.8) is 0 Å². The van der Waals surface area contributed by atoms with Crippen LogP contribution in [0.4, 0.5) is 14.6 Å². The lowest BCUT2D eigenvalue weighted by molar-refractivity contribution is 0.163. The summed E-state index contributed by atoms with van der Waals surface area (Å²) in [5, 5.41) is 6.79. The summed E-state index contributed by atoms with van der Waals surface area (Å²) in [5.41, 5.74) is 1.06.